The molecule has 5 rings (SSSR count). The van der Waals surface area contributed by atoms with Gasteiger partial charge in [-0.1, -0.05) is 18.2 Å². The lowest BCUT2D eigenvalue weighted by molar-refractivity contribution is -0.188. The molecular formula is C32H25F7O7. The van der Waals surface area contributed by atoms with Crippen molar-refractivity contribution < 1.29 is 64.4 Å². The van der Waals surface area contributed by atoms with E-state index in [9.17, 15) is 40.3 Å². The molecule has 2 aliphatic heterocycles. The standard InChI is InChI=1S/C18H13F3O4.C14H12F4O3/c1-10-14(24-12-5-3-2-4-6-12)8-7-11-9-13(17(22)23)16(18(19,20)21)25-15(10)11;1-3-20-13(19)9-6-8-4-5-10(15)7(2)11(8)21-12(9)14(16,17)18/h2-9,16H,1H3,(H,22,23);4-6,12H,3H2,1-2H3. The number of alkyl halides is 6. The number of carbonyl (C=O) groups excluding carboxylic acids is 1. The van der Waals surface area contributed by atoms with Gasteiger partial charge in [0.2, 0.25) is 12.2 Å². The van der Waals surface area contributed by atoms with Crippen molar-refractivity contribution in [2.75, 3.05) is 6.61 Å². The molecule has 14 heteroatoms. The summed E-state index contributed by atoms with van der Waals surface area (Å²) in [6.45, 7) is 4.29. The van der Waals surface area contributed by atoms with Crippen molar-refractivity contribution in [2.45, 2.75) is 45.3 Å². The zero-order valence-electron chi connectivity index (χ0n) is 24.3. The van der Waals surface area contributed by atoms with Crippen molar-refractivity contribution in [3.8, 4) is 23.0 Å². The molecule has 1 N–H and O–H groups in total. The Morgan fingerprint density at radius 1 is 0.783 bits per heavy atom. The van der Waals surface area contributed by atoms with Gasteiger partial charge in [0.1, 0.15) is 28.8 Å². The predicted octanol–water partition coefficient (Wildman–Crippen LogP) is 7.98. The highest BCUT2D eigenvalue weighted by Gasteiger charge is 2.50. The monoisotopic (exact) mass is 654 g/mol. The van der Waals surface area contributed by atoms with Crippen LogP contribution < -0.4 is 14.2 Å². The van der Waals surface area contributed by atoms with Gasteiger partial charge in [0.05, 0.1) is 17.8 Å². The number of carbonyl (C=O) groups is 2. The number of fused-ring (bicyclic) bond motifs is 2. The molecule has 7 nitrogen and oxygen atoms in total. The van der Waals surface area contributed by atoms with Gasteiger partial charge >= 0.3 is 24.3 Å². The van der Waals surface area contributed by atoms with Crippen LogP contribution in [0.1, 0.15) is 29.2 Å². The minimum Gasteiger partial charge on any atom is -0.478 e. The average molecular weight is 655 g/mol. The fourth-order valence-corrected chi connectivity index (χ4v) is 4.54. The van der Waals surface area contributed by atoms with Gasteiger partial charge in [-0.15, -0.1) is 0 Å². The minimum atomic E-state index is -4.84. The maximum Gasteiger partial charge on any atom is 0.430 e. The molecule has 2 unspecified atom stereocenters. The van der Waals surface area contributed by atoms with Crippen molar-refractivity contribution in [1.29, 1.82) is 0 Å². The minimum absolute atomic E-state index is 0.0408. The van der Waals surface area contributed by atoms with Crippen molar-refractivity contribution in [2.24, 2.45) is 0 Å². The molecule has 0 bridgehead atoms. The quantitative estimate of drug-likeness (QED) is 0.220. The maximum absolute atomic E-state index is 13.4. The van der Waals surface area contributed by atoms with E-state index >= 15 is 0 Å². The molecule has 0 radical (unpaired) electrons. The Kier molecular flexibility index (Phi) is 9.68. The maximum atomic E-state index is 13.4. The van der Waals surface area contributed by atoms with E-state index in [1.54, 1.807) is 37.3 Å². The summed E-state index contributed by atoms with van der Waals surface area (Å²) in [7, 11) is 0. The summed E-state index contributed by atoms with van der Waals surface area (Å²) in [5.74, 6) is -2.86. The SMILES string of the molecule is CCOC(=O)C1=Cc2ccc(F)c(C)c2OC1C(F)(F)F.Cc1c(Oc2ccccc2)ccc2c1OC(C(F)(F)F)C(C(=O)O)=C2. The highest BCUT2D eigenvalue weighted by atomic mass is 19.4. The first-order valence-electron chi connectivity index (χ1n) is 13.5. The molecule has 0 aromatic heterocycles. The van der Waals surface area contributed by atoms with Gasteiger partial charge in [0.15, 0.2) is 0 Å². The first kappa shape index (κ1) is 33.9. The van der Waals surface area contributed by atoms with Gasteiger partial charge in [-0.25, -0.2) is 14.0 Å². The molecule has 0 spiro atoms. The highest BCUT2D eigenvalue weighted by Crippen LogP contribution is 2.43. The number of carboxylic acids is 1. The van der Waals surface area contributed by atoms with Crippen LogP contribution in [-0.2, 0) is 14.3 Å². The summed E-state index contributed by atoms with van der Waals surface area (Å²) in [4.78, 5) is 22.8. The van der Waals surface area contributed by atoms with Crippen LogP contribution in [0.25, 0.3) is 12.2 Å². The number of hydrogen-bond donors (Lipinski definition) is 1. The summed E-state index contributed by atoms with van der Waals surface area (Å²) in [5.41, 5.74) is -0.718. The number of ether oxygens (including phenoxy) is 4. The van der Waals surface area contributed by atoms with Gasteiger partial charge in [0.25, 0.3) is 0 Å². The Morgan fingerprint density at radius 3 is 1.85 bits per heavy atom. The van der Waals surface area contributed by atoms with Crippen LogP contribution in [0.4, 0.5) is 30.7 Å². The second-order valence-corrected chi connectivity index (χ2v) is 9.92. The lowest BCUT2D eigenvalue weighted by atomic mass is 9.99. The van der Waals surface area contributed by atoms with E-state index < -0.39 is 53.5 Å². The third-order valence-corrected chi connectivity index (χ3v) is 6.74. The number of esters is 1. The molecule has 244 valence electrons. The Morgan fingerprint density at radius 2 is 1.30 bits per heavy atom. The summed E-state index contributed by atoms with van der Waals surface area (Å²) in [6.07, 6.45) is -12.6. The lowest BCUT2D eigenvalue weighted by Gasteiger charge is -2.28. The summed E-state index contributed by atoms with van der Waals surface area (Å²) >= 11 is 0. The molecule has 0 aliphatic carbocycles. The van der Waals surface area contributed by atoms with Crippen LogP contribution >= 0.6 is 0 Å². The van der Waals surface area contributed by atoms with Crippen molar-refractivity contribution in [1.82, 2.24) is 0 Å². The molecule has 2 atom stereocenters. The van der Waals surface area contributed by atoms with Gasteiger partial charge in [-0.2, -0.15) is 26.3 Å². The van der Waals surface area contributed by atoms with Crippen LogP contribution in [0.3, 0.4) is 0 Å². The molecule has 2 aliphatic rings. The number of benzene rings is 3. The Balaban J connectivity index is 0.000000212. The molecule has 0 fully saturated rings. The number of para-hydroxylation sites is 1. The number of carboxylic acid groups (broad SMARTS) is 1. The molecule has 0 saturated heterocycles. The van der Waals surface area contributed by atoms with Crippen molar-refractivity contribution in [3.63, 3.8) is 0 Å². The van der Waals surface area contributed by atoms with Crippen LogP contribution in [0, 0.1) is 19.7 Å². The van der Waals surface area contributed by atoms with E-state index in [2.05, 4.69) is 4.74 Å². The Hall–Kier alpha value is -5.01. The van der Waals surface area contributed by atoms with Crippen LogP contribution in [0.5, 0.6) is 23.0 Å². The van der Waals surface area contributed by atoms with Crippen LogP contribution in [0.15, 0.2) is 65.7 Å². The first-order chi connectivity index (χ1) is 21.5. The Labute approximate surface area is 257 Å². The van der Waals surface area contributed by atoms with Crippen molar-refractivity contribution >= 4 is 24.1 Å². The van der Waals surface area contributed by atoms with E-state index in [1.807, 2.05) is 6.07 Å². The molecule has 3 aromatic carbocycles. The van der Waals surface area contributed by atoms with Crippen LogP contribution in [0.2, 0.25) is 0 Å². The number of aliphatic carboxylic acids is 1. The molecule has 2 heterocycles. The van der Waals surface area contributed by atoms with E-state index in [0.29, 0.717) is 17.1 Å². The fraction of sp³-hybridized carbons (Fsp3) is 0.250. The van der Waals surface area contributed by atoms with Gasteiger partial charge < -0.3 is 24.1 Å². The van der Waals surface area contributed by atoms with Gasteiger partial charge in [-0.05, 0) is 69.3 Å². The first-order valence-corrected chi connectivity index (χ1v) is 13.5. The second-order valence-electron chi connectivity index (χ2n) is 9.92. The second kappa shape index (κ2) is 13.2. The van der Waals surface area contributed by atoms with Crippen LogP contribution in [-0.4, -0.2) is 48.2 Å². The average Bonchev–Trinajstić information content (AvgIpc) is 2.99. The Bertz CT molecular complexity index is 1690. The number of halogens is 7. The molecule has 46 heavy (non-hydrogen) atoms. The van der Waals surface area contributed by atoms with Gasteiger partial charge in [0, 0.05) is 22.3 Å². The summed E-state index contributed by atoms with van der Waals surface area (Å²) in [5, 5.41) is 9.04. The van der Waals surface area contributed by atoms with Gasteiger partial charge in [-0.3, -0.25) is 0 Å². The zero-order chi connectivity index (χ0) is 34.0. The largest absolute Gasteiger partial charge is 0.478 e. The normalized spacial score (nSPS) is 17.0. The number of rotatable bonds is 5. The fourth-order valence-electron chi connectivity index (χ4n) is 4.54. The third-order valence-electron chi connectivity index (χ3n) is 6.74. The molecule has 0 amide bonds. The zero-order valence-corrected chi connectivity index (χ0v) is 24.3. The van der Waals surface area contributed by atoms with E-state index in [-0.39, 0.29) is 34.8 Å². The summed E-state index contributed by atoms with van der Waals surface area (Å²) in [6, 6.07) is 14.1. The van der Waals surface area contributed by atoms with E-state index in [0.717, 1.165) is 18.2 Å². The molecular weight excluding hydrogens is 629 g/mol. The third kappa shape index (κ3) is 7.27. The van der Waals surface area contributed by atoms with E-state index in [1.165, 1.54) is 26.0 Å². The predicted molar refractivity (Wildman–Crippen MR) is 150 cm³/mol. The highest BCUT2D eigenvalue weighted by molar-refractivity contribution is 5.96. The molecule has 0 saturated carbocycles. The summed E-state index contributed by atoms with van der Waals surface area (Å²) < 4.78 is 112. The van der Waals surface area contributed by atoms with E-state index in [4.69, 9.17) is 19.3 Å². The number of hydrogen-bond acceptors (Lipinski definition) is 6. The van der Waals surface area contributed by atoms with Crippen molar-refractivity contribution in [3.05, 3.63) is 93.8 Å². The molecule has 3 aromatic rings. The lowest BCUT2D eigenvalue weighted by Crippen LogP contribution is -2.41. The topological polar surface area (TPSA) is 91.3 Å². The smallest absolute Gasteiger partial charge is 0.430 e.